The van der Waals surface area contributed by atoms with E-state index in [4.69, 9.17) is 4.74 Å². The minimum Gasteiger partial charge on any atom is -0.379 e. The first-order chi connectivity index (χ1) is 16.5. The Morgan fingerprint density at radius 1 is 1.00 bits per heavy atom. The van der Waals surface area contributed by atoms with Crippen LogP contribution in [0.25, 0.3) is 10.2 Å². The lowest BCUT2D eigenvalue weighted by atomic mass is 10.1. The van der Waals surface area contributed by atoms with Gasteiger partial charge in [0, 0.05) is 30.8 Å². The van der Waals surface area contributed by atoms with Crippen LogP contribution in [0.1, 0.15) is 20.9 Å². The van der Waals surface area contributed by atoms with Gasteiger partial charge in [0.05, 0.1) is 33.3 Å². The number of amides is 1. The fourth-order valence-corrected chi connectivity index (χ4v) is 6.27. The quantitative estimate of drug-likeness (QED) is 0.436. The van der Waals surface area contributed by atoms with Crippen molar-refractivity contribution in [2.24, 2.45) is 0 Å². The van der Waals surface area contributed by atoms with Gasteiger partial charge < -0.3 is 10.1 Å². The fourth-order valence-electron chi connectivity index (χ4n) is 3.81. The molecule has 7 nitrogen and oxygen atoms in total. The van der Waals surface area contributed by atoms with Crippen LogP contribution in [-0.4, -0.2) is 49.9 Å². The number of nitrogens with zero attached hydrogens (tertiary/aromatic N) is 2. The van der Waals surface area contributed by atoms with Crippen molar-refractivity contribution in [3.8, 4) is 0 Å². The molecule has 3 aromatic carbocycles. The Morgan fingerprint density at radius 3 is 2.53 bits per heavy atom. The molecule has 1 aromatic heterocycles. The number of fused-ring (bicyclic) bond motifs is 1. The number of rotatable bonds is 6. The van der Waals surface area contributed by atoms with Gasteiger partial charge >= 0.3 is 0 Å². The predicted molar refractivity (Wildman–Crippen MR) is 133 cm³/mol. The van der Waals surface area contributed by atoms with Crippen LogP contribution in [0, 0.1) is 0 Å². The highest BCUT2D eigenvalue weighted by atomic mass is 32.2. The van der Waals surface area contributed by atoms with Crippen LogP contribution in [0.4, 0.5) is 5.69 Å². The van der Waals surface area contributed by atoms with Crippen molar-refractivity contribution in [2.45, 2.75) is 11.3 Å². The molecule has 1 aliphatic heterocycles. The second kappa shape index (κ2) is 9.63. The van der Waals surface area contributed by atoms with E-state index in [1.165, 1.54) is 21.1 Å². The second-order valence-corrected chi connectivity index (χ2v) is 11.0. The largest absolute Gasteiger partial charge is 0.379 e. The maximum absolute atomic E-state index is 12.9. The first-order valence-corrected chi connectivity index (χ1v) is 13.2. The molecule has 34 heavy (non-hydrogen) atoms. The highest BCUT2D eigenvalue weighted by Crippen LogP contribution is 2.24. The van der Waals surface area contributed by atoms with Crippen LogP contribution in [0.15, 0.2) is 77.7 Å². The highest BCUT2D eigenvalue weighted by molar-refractivity contribution is 7.89. The number of thiazole rings is 1. The molecular weight excluding hydrogens is 470 g/mol. The summed E-state index contributed by atoms with van der Waals surface area (Å²) in [4.78, 5) is 17.6. The van der Waals surface area contributed by atoms with E-state index in [1.807, 2.05) is 42.5 Å². The summed E-state index contributed by atoms with van der Waals surface area (Å²) in [7, 11) is -3.67. The summed E-state index contributed by atoms with van der Waals surface area (Å²) in [5.41, 5.74) is 3.02. The number of para-hydroxylation sites is 1. The van der Waals surface area contributed by atoms with Gasteiger partial charge in [-0.05, 0) is 48.0 Å². The van der Waals surface area contributed by atoms with Crippen LogP contribution in [0.5, 0.6) is 0 Å². The molecule has 1 amide bonds. The smallest absolute Gasteiger partial charge is 0.255 e. The van der Waals surface area contributed by atoms with Crippen molar-refractivity contribution in [1.82, 2.24) is 9.29 Å². The minimum absolute atomic E-state index is 0.105. The summed E-state index contributed by atoms with van der Waals surface area (Å²) in [6.07, 6.45) is 0.717. The number of carbonyl (C=O) groups excluding carboxylic acids is 1. The summed E-state index contributed by atoms with van der Waals surface area (Å²) < 4.78 is 33.6. The number of hydrogen-bond acceptors (Lipinski definition) is 6. The van der Waals surface area contributed by atoms with Crippen LogP contribution < -0.4 is 5.32 Å². The molecule has 174 valence electrons. The molecule has 1 N–H and O–H groups in total. The molecule has 5 rings (SSSR count). The maximum Gasteiger partial charge on any atom is 0.255 e. The molecule has 1 fully saturated rings. The molecule has 0 aliphatic carbocycles. The average Bonchev–Trinajstić information content (AvgIpc) is 3.28. The van der Waals surface area contributed by atoms with Crippen LogP contribution in [-0.2, 0) is 21.2 Å². The van der Waals surface area contributed by atoms with E-state index >= 15 is 0 Å². The molecule has 0 saturated carbocycles. The van der Waals surface area contributed by atoms with Crippen molar-refractivity contribution in [1.29, 1.82) is 0 Å². The monoisotopic (exact) mass is 493 g/mol. The Morgan fingerprint density at radius 2 is 1.76 bits per heavy atom. The number of sulfonamides is 1. The van der Waals surface area contributed by atoms with Crippen LogP contribution in [0.3, 0.4) is 0 Å². The van der Waals surface area contributed by atoms with Gasteiger partial charge in [-0.1, -0.05) is 30.3 Å². The first-order valence-electron chi connectivity index (χ1n) is 10.9. The van der Waals surface area contributed by atoms with E-state index in [1.54, 1.807) is 23.5 Å². The van der Waals surface area contributed by atoms with E-state index in [-0.39, 0.29) is 16.4 Å². The third-order valence-electron chi connectivity index (χ3n) is 5.61. The van der Waals surface area contributed by atoms with Gasteiger partial charge in [-0.25, -0.2) is 13.4 Å². The van der Waals surface area contributed by atoms with Gasteiger partial charge in [0.1, 0.15) is 0 Å². The molecule has 9 heteroatoms. The Hall–Kier alpha value is -3.11. The van der Waals surface area contributed by atoms with E-state index in [2.05, 4.69) is 16.4 Å². The van der Waals surface area contributed by atoms with Crippen molar-refractivity contribution in [3.63, 3.8) is 0 Å². The molecule has 2 heterocycles. The maximum atomic E-state index is 12.9. The summed E-state index contributed by atoms with van der Waals surface area (Å²) in [6, 6.07) is 21.8. The lowest BCUT2D eigenvalue weighted by Crippen LogP contribution is -2.40. The molecule has 1 saturated heterocycles. The SMILES string of the molecule is O=C(Nc1ccc(Cc2nc3ccccc3s2)cc1)c1cccc(S(=O)(=O)N2CCOCC2)c1. The number of hydrogen-bond donors (Lipinski definition) is 1. The lowest BCUT2D eigenvalue weighted by molar-refractivity contribution is 0.0730. The summed E-state index contributed by atoms with van der Waals surface area (Å²) in [5.74, 6) is -0.363. The van der Waals surface area contributed by atoms with Gasteiger partial charge in [-0.15, -0.1) is 11.3 Å². The minimum atomic E-state index is -3.67. The Balaban J connectivity index is 1.26. The molecular formula is C25H23N3O4S2. The van der Waals surface area contributed by atoms with Crippen molar-refractivity contribution in [2.75, 3.05) is 31.6 Å². The van der Waals surface area contributed by atoms with Crippen molar-refractivity contribution in [3.05, 3.63) is 88.9 Å². The third-order valence-corrected chi connectivity index (χ3v) is 8.54. The zero-order valence-electron chi connectivity index (χ0n) is 18.3. The molecule has 1 aliphatic rings. The second-order valence-electron chi connectivity index (χ2n) is 7.95. The molecule has 0 atom stereocenters. The standard InChI is InChI=1S/C25H23N3O4S2/c29-25(19-4-3-5-21(17-19)34(30,31)28-12-14-32-15-13-28)26-20-10-8-18(9-11-20)16-24-27-22-6-1-2-7-23(22)33-24/h1-11,17H,12-16H2,(H,26,29). The summed E-state index contributed by atoms with van der Waals surface area (Å²) >= 11 is 1.68. The zero-order valence-corrected chi connectivity index (χ0v) is 19.9. The summed E-state index contributed by atoms with van der Waals surface area (Å²) in [6.45, 7) is 1.35. The van der Waals surface area contributed by atoms with E-state index in [0.717, 1.165) is 22.5 Å². The van der Waals surface area contributed by atoms with E-state index in [0.29, 0.717) is 32.0 Å². The molecule has 0 unspecified atom stereocenters. The number of ether oxygens (including phenoxy) is 1. The van der Waals surface area contributed by atoms with E-state index in [9.17, 15) is 13.2 Å². The Labute approximate surface area is 202 Å². The predicted octanol–water partition coefficient (Wildman–Crippen LogP) is 4.16. The van der Waals surface area contributed by atoms with Gasteiger partial charge in [-0.3, -0.25) is 4.79 Å². The molecule has 0 bridgehead atoms. The zero-order chi connectivity index (χ0) is 23.5. The van der Waals surface area contributed by atoms with Crippen LogP contribution >= 0.6 is 11.3 Å². The molecule has 4 aromatic rings. The lowest BCUT2D eigenvalue weighted by Gasteiger charge is -2.26. The van der Waals surface area contributed by atoms with Crippen LogP contribution in [0.2, 0.25) is 0 Å². The van der Waals surface area contributed by atoms with Gasteiger partial charge in [0.15, 0.2) is 0 Å². The number of anilines is 1. The Bertz CT molecular complexity index is 1390. The first kappa shape index (κ1) is 22.7. The Kier molecular flexibility index (Phi) is 6.42. The van der Waals surface area contributed by atoms with Gasteiger partial charge in [0.25, 0.3) is 5.91 Å². The topological polar surface area (TPSA) is 88.6 Å². The molecule has 0 radical (unpaired) electrons. The third kappa shape index (κ3) is 4.88. The van der Waals surface area contributed by atoms with Gasteiger partial charge in [-0.2, -0.15) is 4.31 Å². The number of benzene rings is 3. The highest BCUT2D eigenvalue weighted by Gasteiger charge is 2.26. The molecule has 0 spiro atoms. The van der Waals surface area contributed by atoms with E-state index < -0.39 is 10.0 Å². The fraction of sp³-hybridized carbons (Fsp3) is 0.200. The van der Waals surface area contributed by atoms with Crippen molar-refractivity contribution < 1.29 is 17.9 Å². The number of aromatic nitrogens is 1. The van der Waals surface area contributed by atoms with Gasteiger partial charge in [0.2, 0.25) is 10.0 Å². The number of morpholine rings is 1. The number of nitrogens with one attached hydrogen (secondary N) is 1. The summed E-state index contributed by atoms with van der Waals surface area (Å²) in [5, 5.41) is 3.89. The average molecular weight is 494 g/mol. The van der Waals surface area contributed by atoms with Crippen molar-refractivity contribution >= 4 is 43.2 Å². The number of carbonyl (C=O) groups is 1. The normalized spacial score (nSPS) is 14.8.